The van der Waals surface area contributed by atoms with Gasteiger partial charge in [-0.05, 0) is 29.3 Å². The summed E-state index contributed by atoms with van der Waals surface area (Å²) in [7, 11) is 1.69. The molecule has 0 aliphatic heterocycles. The SMILES string of the molecule is Cn1cc(OCc2ccc(Cl)cc2)c(=O)cc1C(=O)NCc1cccnc1. The highest BCUT2D eigenvalue weighted by Gasteiger charge is 2.13. The Hall–Kier alpha value is -3.12. The average molecular weight is 384 g/mol. The molecule has 2 heterocycles. The second kappa shape index (κ2) is 8.51. The number of hydrogen-bond donors (Lipinski definition) is 1. The van der Waals surface area contributed by atoms with Crippen molar-refractivity contribution < 1.29 is 9.53 Å². The van der Waals surface area contributed by atoms with Gasteiger partial charge >= 0.3 is 0 Å². The number of nitrogens with zero attached hydrogens (tertiary/aromatic N) is 2. The van der Waals surface area contributed by atoms with Crippen LogP contribution in [0.4, 0.5) is 0 Å². The molecule has 0 atom stereocenters. The number of carbonyl (C=O) groups excluding carboxylic acids is 1. The van der Waals surface area contributed by atoms with Crippen LogP contribution in [-0.2, 0) is 20.2 Å². The maximum atomic E-state index is 12.4. The molecule has 3 rings (SSSR count). The Labute approximate surface area is 161 Å². The van der Waals surface area contributed by atoms with Gasteiger partial charge in [-0.25, -0.2) is 0 Å². The van der Waals surface area contributed by atoms with Crippen molar-refractivity contribution in [2.75, 3.05) is 0 Å². The summed E-state index contributed by atoms with van der Waals surface area (Å²) in [5.41, 5.74) is 1.66. The summed E-state index contributed by atoms with van der Waals surface area (Å²) in [4.78, 5) is 28.7. The van der Waals surface area contributed by atoms with Crippen LogP contribution >= 0.6 is 11.6 Å². The predicted octanol–water partition coefficient (Wildman–Crippen LogP) is 2.94. The number of hydrogen-bond acceptors (Lipinski definition) is 4. The van der Waals surface area contributed by atoms with Crippen LogP contribution in [0.15, 0.2) is 65.8 Å². The molecule has 0 radical (unpaired) electrons. The summed E-state index contributed by atoms with van der Waals surface area (Å²) < 4.78 is 7.16. The number of amides is 1. The first-order chi connectivity index (χ1) is 13.0. The molecule has 3 aromatic rings. The Bertz CT molecular complexity index is 986. The van der Waals surface area contributed by atoms with E-state index in [0.29, 0.717) is 11.6 Å². The topological polar surface area (TPSA) is 73.2 Å². The molecule has 1 aromatic carbocycles. The van der Waals surface area contributed by atoms with Crippen LogP contribution < -0.4 is 15.5 Å². The van der Waals surface area contributed by atoms with Crippen molar-refractivity contribution in [2.24, 2.45) is 7.05 Å². The molecule has 0 aliphatic carbocycles. The van der Waals surface area contributed by atoms with Gasteiger partial charge in [-0.1, -0.05) is 29.8 Å². The number of carbonyl (C=O) groups is 1. The predicted molar refractivity (Wildman–Crippen MR) is 103 cm³/mol. The van der Waals surface area contributed by atoms with E-state index in [1.54, 1.807) is 42.2 Å². The minimum atomic E-state index is -0.353. The molecule has 0 spiro atoms. The summed E-state index contributed by atoms with van der Waals surface area (Å²) in [6.45, 7) is 0.564. The summed E-state index contributed by atoms with van der Waals surface area (Å²) >= 11 is 5.85. The first-order valence-corrected chi connectivity index (χ1v) is 8.66. The second-order valence-electron chi connectivity index (χ2n) is 5.96. The highest BCUT2D eigenvalue weighted by molar-refractivity contribution is 6.30. The number of nitrogens with one attached hydrogen (secondary N) is 1. The lowest BCUT2D eigenvalue weighted by molar-refractivity contribution is 0.0941. The average Bonchev–Trinajstić information content (AvgIpc) is 2.68. The highest BCUT2D eigenvalue weighted by Crippen LogP contribution is 2.12. The zero-order chi connectivity index (χ0) is 19.2. The van der Waals surface area contributed by atoms with E-state index in [1.807, 2.05) is 18.2 Å². The number of aromatic nitrogens is 2. The normalized spacial score (nSPS) is 10.4. The molecule has 2 aromatic heterocycles. The van der Waals surface area contributed by atoms with Gasteiger partial charge < -0.3 is 14.6 Å². The van der Waals surface area contributed by atoms with Crippen LogP contribution in [0.3, 0.4) is 0 Å². The number of rotatable bonds is 6. The molecule has 0 aliphatic rings. The van der Waals surface area contributed by atoms with Crippen LogP contribution in [0.1, 0.15) is 21.6 Å². The van der Waals surface area contributed by atoms with Crippen LogP contribution in [0.5, 0.6) is 5.75 Å². The Morgan fingerprint density at radius 1 is 1.22 bits per heavy atom. The fraction of sp³-hybridized carbons (Fsp3) is 0.150. The van der Waals surface area contributed by atoms with Gasteiger partial charge in [0.05, 0.1) is 6.20 Å². The van der Waals surface area contributed by atoms with Crippen molar-refractivity contribution in [3.05, 3.63) is 93.1 Å². The molecule has 1 amide bonds. The van der Waals surface area contributed by atoms with Crippen LogP contribution in [0.25, 0.3) is 0 Å². The molecule has 0 unspecified atom stereocenters. The van der Waals surface area contributed by atoms with E-state index in [4.69, 9.17) is 16.3 Å². The van der Waals surface area contributed by atoms with E-state index in [0.717, 1.165) is 11.1 Å². The zero-order valence-electron chi connectivity index (χ0n) is 14.7. The lowest BCUT2D eigenvalue weighted by atomic mass is 10.2. The smallest absolute Gasteiger partial charge is 0.268 e. The molecule has 138 valence electrons. The molecule has 0 saturated heterocycles. The quantitative estimate of drug-likeness (QED) is 0.710. The zero-order valence-corrected chi connectivity index (χ0v) is 15.4. The number of aryl methyl sites for hydroxylation is 1. The van der Waals surface area contributed by atoms with Crippen molar-refractivity contribution in [3.8, 4) is 5.75 Å². The largest absolute Gasteiger partial charge is 0.483 e. The Morgan fingerprint density at radius 2 is 2.00 bits per heavy atom. The van der Waals surface area contributed by atoms with Crippen LogP contribution in [0, 0.1) is 0 Å². The number of benzene rings is 1. The lowest BCUT2D eigenvalue weighted by Gasteiger charge is -2.12. The molecule has 0 saturated carbocycles. The lowest BCUT2D eigenvalue weighted by Crippen LogP contribution is -2.27. The van der Waals surface area contributed by atoms with E-state index in [1.165, 1.54) is 12.3 Å². The fourth-order valence-corrected chi connectivity index (χ4v) is 2.58. The fourth-order valence-electron chi connectivity index (χ4n) is 2.46. The standard InChI is InChI=1S/C20H18ClN3O3/c1-24-12-19(27-13-14-4-6-16(21)7-5-14)18(25)9-17(24)20(26)23-11-15-3-2-8-22-10-15/h2-10,12H,11,13H2,1H3,(H,23,26). The van der Waals surface area contributed by atoms with Crippen LogP contribution in [-0.4, -0.2) is 15.5 Å². The Kier molecular flexibility index (Phi) is 5.88. The number of ether oxygens (including phenoxy) is 1. The van der Waals surface area contributed by atoms with Gasteiger partial charge in [-0.15, -0.1) is 0 Å². The summed E-state index contributed by atoms with van der Waals surface area (Å²) in [6, 6.07) is 12.1. The van der Waals surface area contributed by atoms with Gasteiger partial charge in [0.2, 0.25) is 5.43 Å². The molecular weight excluding hydrogens is 366 g/mol. The highest BCUT2D eigenvalue weighted by atomic mass is 35.5. The van der Waals surface area contributed by atoms with Crippen molar-refractivity contribution in [2.45, 2.75) is 13.2 Å². The summed E-state index contributed by atoms with van der Waals surface area (Å²) in [5, 5.41) is 3.41. The third-order valence-electron chi connectivity index (χ3n) is 3.92. The maximum absolute atomic E-state index is 12.4. The van der Waals surface area contributed by atoms with Crippen molar-refractivity contribution >= 4 is 17.5 Å². The monoisotopic (exact) mass is 383 g/mol. The number of pyridine rings is 2. The van der Waals surface area contributed by atoms with Gasteiger partial charge in [0, 0.05) is 37.1 Å². The molecule has 0 bridgehead atoms. The molecular formula is C20H18ClN3O3. The minimum absolute atomic E-state index is 0.177. The number of halogens is 1. The van der Waals surface area contributed by atoms with Crippen molar-refractivity contribution in [1.82, 2.24) is 14.9 Å². The van der Waals surface area contributed by atoms with E-state index in [2.05, 4.69) is 10.3 Å². The first-order valence-electron chi connectivity index (χ1n) is 8.28. The van der Waals surface area contributed by atoms with E-state index >= 15 is 0 Å². The van der Waals surface area contributed by atoms with Gasteiger partial charge in [-0.3, -0.25) is 14.6 Å². The molecule has 6 nitrogen and oxygen atoms in total. The van der Waals surface area contributed by atoms with Gasteiger partial charge in [-0.2, -0.15) is 0 Å². The van der Waals surface area contributed by atoms with E-state index < -0.39 is 0 Å². The molecule has 1 N–H and O–H groups in total. The van der Waals surface area contributed by atoms with E-state index in [9.17, 15) is 9.59 Å². The second-order valence-corrected chi connectivity index (χ2v) is 6.39. The van der Waals surface area contributed by atoms with Crippen LogP contribution in [0.2, 0.25) is 5.02 Å². The Balaban J connectivity index is 1.67. The van der Waals surface area contributed by atoms with Crippen molar-refractivity contribution in [3.63, 3.8) is 0 Å². The summed E-state index contributed by atoms with van der Waals surface area (Å²) in [6.07, 6.45) is 4.85. The third kappa shape index (κ3) is 4.95. The first kappa shape index (κ1) is 18.7. The summed E-state index contributed by atoms with van der Waals surface area (Å²) in [5.74, 6) is -0.168. The third-order valence-corrected chi connectivity index (χ3v) is 4.17. The molecule has 7 heteroatoms. The maximum Gasteiger partial charge on any atom is 0.268 e. The van der Waals surface area contributed by atoms with Crippen molar-refractivity contribution in [1.29, 1.82) is 0 Å². The molecule has 0 fully saturated rings. The molecule has 27 heavy (non-hydrogen) atoms. The Morgan fingerprint density at radius 3 is 2.70 bits per heavy atom. The van der Waals surface area contributed by atoms with Gasteiger partial charge in [0.15, 0.2) is 5.75 Å². The minimum Gasteiger partial charge on any atom is -0.483 e. The van der Waals surface area contributed by atoms with E-state index in [-0.39, 0.29) is 29.4 Å². The van der Waals surface area contributed by atoms with Gasteiger partial charge in [0.25, 0.3) is 5.91 Å². The van der Waals surface area contributed by atoms with Gasteiger partial charge in [0.1, 0.15) is 12.3 Å².